The molecule has 3 rings (SSSR count). The first-order valence-electron chi connectivity index (χ1n) is 9.97. The molecule has 143 valence electrons. The average Bonchev–Trinajstić information content (AvgIpc) is 3.02. The Labute approximate surface area is 163 Å². The van der Waals surface area contributed by atoms with Crippen LogP contribution in [0.4, 0.5) is 0 Å². The normalized spacial score (nSPS) is 11.9. The van der Waals surface area contributed by atoms with Crippen molar-refractivity contribution in [2.75, 3.05) is 6.61 Å². The number of ether oxygens (including phenoxy) is 1. The van der Waals surface area contributed by atoms with Crippen LogP contribution in [0.25, 0.3) is 22.4 Å². The molecule has 2 aromatic carbocycles. The highest BCUT2D eigenvalue weighted by molar-refractivity contribution is 5.82. The maximum absolute atomic E-state index is 5.79. The van der Waals surface area contributed by atoms with E-state index in [0.29, 0.717) is 6.61 Å². The third-order valence-corrected chi connectivity index (χ3v) is 4.88. The highest BCUT2D eigenvalue weighted by atomic mass is 16.5. The zero-order valence-electron chi connectivity index (χ0n) is 17.1. The SMILES string of the molecule is [CH2]CCOc1ccc2nc(-c3ccc(C(C)(C)C)cc3)n(CCCC)c2c1. The largest absolute Gasteiger partial charge is 0.494 e. The lowest BCUT2D eigenvalue weighted by molar-refractivity contribution is 0.324. The minimum Gasteiger partial charge on any atom is -0.494 e. The zero-order valence-corrected chi connectivity index (χ0v) is 17.1. The van der Waals surface area contributed by atoms with E-state index in [2.05, 4.69) is 75.6 Å². The Morgan fingerprint density at radius 1 is 1.07 bits per heavy atom. The average molecular weight is 364 g/mol. The first-order valence-corrected chi connectivity index (χ1v) is 9.97. The molecule has 1 aromatic heterocycles. The monoisotopic (exact) mass is 363 g/mol. The first-order chi connectivity index (χ1) is 12.9. The van der Waals surface area contributed by atoms with E-state index in [1.54, 1.807) is 0 Å². The molecule has 0 spiro atoms. The van der Waals surface area contributed by atoms with Crippen LogP contribution in [-0.4, -0.2) is 16.2 Å². The summed E-state index contributed by atoms with van der Waals surface area (Å²) in [6, 6.07) is 15.0. The molecule has 1 radical (unpaired) electrons. The van der Waals surface area contributed by atoms with Crippen LogP contribution < -0.4 is 4.74 Å². The number of aromatic nitrogens is 2. The van der Waals surface area contributed by atoms with Crippen LogP contribution in [0.5, 0.6) is 5.75 Å². The Hall–Kier alpha value is -2.29. The predicted molar refractivity (Wildman–Crippen MR) is 114 cm³/mol. The molecule has 0 saturated carbocycles. The number of benzene rings is 2. The lowest BCUT2D eigenvalue weighted by atomic mass is 9.87. The second-order valence-electron chi connectivity index (χ2n) is 8.12. The van der Waals surface area contributed by atoms with Gasteiger partial charge in [0.05, 0.1) is 17.6 Å². The predicted octanol–water partition coefficient (Wildman–Crippen LogP) is 6.40. The molecule has 27 heavy (non-hydrogen) atoms. The van der Waals surface area contributed by atoms with Crippen molar-refractivity contribution in [3.05, 3.63) is 55.0 Å². The molecule has 0 fully saturated rings. The van der Waals surface area contributed by atoms with Crippen molar-refractivity contribution in [2.24, 2.45) is 0 Å². The molecule has 0 saturated heterocycles. The summed E-state index contributed by atoms with van der Waals surface area (Å²) in [5.74, 6) is 1.92. The van der Waals surface area contributed by atoms with Gasteiger partial charge in [0.15, 0.2) is 0 Å². The highest BCUT2D eigenvalue weighted by Gasteiger charge is 2.16. The zero-order chi connectivity index (χ0) is 19.4. The van der Waals surface area contributed by atoms with E-state index in [0.717, 1.165) is 54.0 Å². The Morgan fingerprint density at radius 2 is 1.81 bits per heavy atom. The van der Waals surface area contributed by atoms with Gasteiger partial charge in [0.25, 0.3) is 0 Å². The maximum atomic E-state index is 5.79. The number of unbranched alkanes of at least 4 members (excludes halogenated alkanes) is 1. The Bertz CT molecular complexity index is 885. The van der Waals surface area contributed by atoms with Crippen LogP contribution in [0.3, 0.4) is 0 Å². The number of fused-ring (bicyclic) bond motifs is 1. The van der Waals surface area contributed by atoms with Crippen molar-refractivity contribution in [1.29, 1.82) is 0 Å². The van der Waals surface area contributed by atoms with E-state index in [1.165, 1.54) is 5.56 Å². The van der Waals surface area contributed by atoms with Gasteiger partial charge in [-0.3, -0.25) is 0 Å². The molecular weight excluding hydrogens is 332 g/mol. The van der Waals surface area contributed by atoms with Crippen LogP contribution in [0.15, 0.2) is 42.5 Å². The van der Waals surface area contributed by atoms with Crippen molar-refractivity contribution in [3.63, 3.8) is 0 Å². The summed E-state index contributed by atoms with van der Waals surface area (Å²) < 4.78 is 8.12. The smallest absolute Gasteiger partial charge is 0.141 e. The number of rotatable bonds is 7. The van der Waals surface area contributed by atoms with Gasteiger partial charge in [-0.1, -0.05) is 58.4 Å². The fourth-order valence-corrected chi connectivity index (χ4v) is 3.26. The van der Waals surface area contributed by atoms with Gasteiger partial charge >= 0.3 is 0 Å². The van der Waals surface area contributed by atoms with Gasteiger partial charge in [-0.05, 0) is 42.9 Å². The van der Waals surface area contributed by atoms with Gasteiger partial charge < -0.3 is 9.30 Å². The van der Waals surface area contributed by atoms with Crippen LogP contribution in [-0.2, 0) is 12.0 Å². The van der Waals surface area contributed by atoms with Gasteiger partial charge in [0, 0.05) is 18.2 Å². The number of nitrogens with zero attached hydrogens (tertiary/aromatic N) is 2. The van der Waals surface area contributed by atoms with E-state index in [1.807, 2.05) is 6.07 Å². The van der Waals surface area contributed by atoms with Crippen LogP contribution in [0, 0.1) is 6.92 Å². The van der Waals surface area contributed by atoms with E-state index >= 15 is 0 Å². The summed E-state index contributed by atoms with van der Waals surface area (Å²) in [4.78, 5) is 4.94. The van der Waals surface area contributed by atoms with Gasteiger partial charge in [0.1, 0.15) is 11.6 Å². The maximum Gasteiger partial charge on any atom is 0.141 e. The Morgan fingerprint density at radius 3 is 2.44 bits per heavy atom. The fourth-order valence-electron chi connectivity index (χ4n) is 3.26. The summed E-state index contributed by atoms with van der Waals surface area (Å²) >= 11 is 0. The standard InChI is InChI=1S/C24H31N2O/c1-6-8-15-26-22-17-20(27-16-7-2)13-14-21(22)25-23(26)18-9-11-19(12-10-18)24(3,4)5/h9-14,17H,2,6-8,15-16H2,1,3-5H3. The number of hydrogen-bond donors (Lipinski definition) is 0. The molecule has 3 heteroatoms. The van der Waals surface area contributed by atoms with Crippen LogP contribution >= 0.6 is 0 Å². The second kappa shape index (κ2) is 8.16. The molecule has 0 unspecified atom stereocenters. The minimum absolute atomic E-state index is 0.154. The van der Waals surface area contributed by atoms with Crippen molar-refractivity contribution in [1.82, 2.24) is 9.55 Å². The molecule has 1 heterocycles. The fraction of sp³-hybridized carbons (Fsp3) is 0.417. The van der Waals surface area contributed by atoms with Gasteiger partial charge in [-0.2, -0.15) is 0 Å². The third-order valence-electron chi connectivity index (χ3n) is 4.88. The molecule has 0 aliphatic heterocycles. The second-order valence-corrected chi connectivity index (χ2v) is 8.12. The lowest BCUT2D eigenvalue weighted by Crippen LogP contribution is -2.10. The summed E-state index contributed by atoms with van der Waals surface area (Å²) in [5, 5.41) is 0. The molecule has 0 bridgehead atoms. The van der Waals surface area contributed by atoms with Crippen molar-refractivity contribution in [3.8, 4) is 17.1 Å². The van der Waals surface area contributed by atoms with Crippen LogP contribution in [0.1, 0.15) is 52.5 Å². The lowest BCUT2D eigenvalue weighted by Gasteiger charge is -2.19. The topological polar surface area (TPSA) is 27.1 Å². The highest BCUT2D eigenvalue weighted by Crippen LogP contribution is 2.30. The summed E-state index contributed by atoms with van der Waals surface area (Å²) in [6.45, 7) is 14.4. The quantitative estimate of drug-likeness (QED) is 0.485. The minimum atomic E-state index is 0.154. The molecule has 0 atom stereocenters. The van der Waals surface area contributed by atoms with E-state index in [4.69, 9.17) is 9.72 Å². The number of imidazole rings is 1. The van der Waals surface area contributed by atoms with E-state index < -0.39 is 0 Å². The summed E-state index contributed by atoms with van der Waals surface area (Å²) in [5.41, 5.74) is 4.81. The molecule has 0 aliphatic rings. The molecule has 3 nitrogen and oxygen atoms in total. The Balaban J connectivity index is 2.05. The number of aryl methyl sites for hydroxylation is 1. The summed E-state index contributed by atoms with van der Waals surface area (Å²) in [6.07, 6.45) is 3.04. The molecule has 3 aromatic rings. The van der Waals surface area contributed by atoms with Gasteiger partial charge in [-0.25, -0.2) is 4.98 Å². The van der Waals surface area contributed by atoms with Crippen molar-refractivity contribution >= 4 is 11.0 Å². The summed E-state index contributed by atoms with van der Waals surface area (Å²) in [7, 11) is 0. The first kappa shape index (κ1) is 19.5. The van der Waals surface area contributed by atoms with E-state index in [-0.39, 0.29) is 5.41 Å². The third kappa shape index (κ3) is 4.35. The Kier molecular flexibility index (Phi) is 5.88. The molecule has 0 N–H and O–H groups in total. The molecule has 0 amide bonds. The number of hydrogen-bond acceptors (Lipinski definition) is 2. The van der Waals surface area contributed by atoms with Crippen LogP contribution in [0.2, 0.25) is 0 Å². The molecule has 0 aliphatic carbocycles. The molecular formula is C24H31N2O. The van der Waals surface area contributed by atoms with Crippen molar-refractivity contribution in [2.45, 2.75) is 58.9 Å². The van der Waals surface area contributed by atoms with Gasteiger partial charge in [0.2, 0.25) is 0 Å². The van der Waals surface area contributed by atoms with Crippen molar-refractivity contribution < 1.29 is 4.74 Å². The van der Waals surface area contributed by atoms with E-state index in [9.17, 15) is 0 Å². The van der Waals surface area contributed by atoms with Gasteiger partial charge in [-0.15, -0.1) is 0 Å².